The largest absolute Gasteiger partial charge is 0.449 e. The molecule has 0 bridgehead atoms. The molecular weight excluding hydrogens is 876 g/mol. The molecule has 3 aromatic rings. The maximum atomic E-state index is 14.8. The molecule has 9 rings (SSSR count). The number of nitrogens with zero attached hydrogens (tertiary/aromatic N) is 2. The van der Waals surface area contributed by atoms with Crippen LogP contribution in [-0.2, 0) is 51.7 Å². The van der Waals surface area contributed by atoms with Crippen LogP contribution < -0.4 is 20.7 Å². The van der Waals surface area contributed by atoms with Gasteiger partial charge in [0.2, 0.25) is 21.8 Å². The van der Waals surface area contributed by atoms with E-state index >= 15 is 0 Å². The Bertz CT molecular complexity index is 2540. The molecule has 0 aromatic heterocycles. The van der Waals surface area contributed by atoms with Crippen LogP contribution in [0.25, 0.3) is 11.1 Å². The molecule has 3 aromatic carbocycles. The van der Waals surface area contributed by atoms with Gasteiger partial charge in [0.05, 0.1) is 24.9 Å². The summed E-state index contributed by atoms with van der Waals surface area (Å²) in [5.41, 5.74) is 3.27. The molecule has 66 heavy (non-hydrogen) atoms. The maximum absolute atomic E-state index is 14.8. The second-order valence-corrected chi connectivity index (χ2v) is 19.8. The molecule has 2 aliphatic heterocycles. The lowest BCUT2D eigenvalue weighted by Gasteiger charge is -2.30. The number of benzene rings is 3. The number of carbonyl (C=O) groups is 6. The van der Waals surface area contributed by atoms with E-state index in [1.165, 1.54) is 23.1 Å². The third-order valence-corrected chi connectivity index (χ3v) is 15.3. The second kappa shape index (κ2) is 18.1. The highest BCUT2D eigenvalue weighted by Crippen LogP contribution is 2.46. The lowest BCUT2D eigenvalue weighted by atomic mass is 9.98. The van der Waals surface area contributed by atoms with E-state index in [4.69, 9.17) is 14.2 Å². The number of carbonyl (C=O) groups excluding carboxylic acids is 6. The molecule has 0 spiro atoms. The third kappa shape index (κ3) is 9.04. The summed E-state index contributed by atoms with van der Waals surface area (Å²) in [6.45, 7) is 2.84. The molecule has 6 amide bonds. The Morgan fingerprint density at radius 3 is 2.21 bits per heavy atom. The van der Waals surface area contributed by atoms with Crippen molar-refractivity contribution >= 4 is 46.0 Å². The highest BCUT2D eigenvalue weighted by Gasteiger charge is 2.62. The maximum Gasteiger partial charge on any atom is 0.410 e. The summed E-state index contributed by atoms with van der Waals surface area (Å²) >= 11 is 0. The highest BCUT2D eigenvalue weighted by atomic mass is 32.2. The molecule has 4 fully saturated rings. The number of likely N-dealkylation sites (tertiary alicyclic amines) is 1. The first-order valence-electron chi connectivity index (χ1n) is 22.3. The summed E-state index contributed by atoms with van der Waals surface area (Å²) in [5.74, 6) is -4.06. The summed E-state index contributed by atoms with van der Waals surface area (Å²) in [6.07, 6.45) is 0.785. The number of nitrogens with one attached hydrogen (secondary N) is 4. The number of hydrogen-bond donors (Lipinski definition) is 4. The van der Waals surface area contributed by atoms with E-state index in [2.05, 4.69) is 27.3 Å². The average molecular weight is 927 g/mol. The fourth-order valence-electron chi connectivity index (χ4n) is 9.69. The SMILES string of the molecule is C=C[C@@H]1C[C@]1(NC(=O)[C@@H]1C[C@@H](OC(=O)N2Cc3cccc(F)c3C2)CN1C(=O)[C@H](CNC(=O)OCC1c2ccccc2-c2ccccc21)NC(=O)OC1CCCC1)C(=O)NS(=O)(=O)C1CC1. The average Bonchev–Trinajstić information content (AvgIpc) is 4.02. The zero-order chi connectivity index (χ0) is 46.3. The van der Waals surface area contributed by atoms with Crippen LogP contribution in [0, 0.1) is 11.7 Å². The van der Waals surface area contributed by atoms with Crippen molar-refractivity contribution in [2.24, 2.45) is 5.92 Å². The first-order chi connectivity index (χ1) is 31.7. The predicted molar refractivity (Wildman–Crippen MR) is 234 cm³/mol. The van der Waals surface area contributed by atoms with Gasteiger partial charge in [0.1, 0.15) is 42.3 Å². The number of ether oxygens (including phenoxy) is 3. The van der Waals surface area contributed by atoms with Crippen molar-refractivity contribution < 1.29 is 55.8 Å². The monoisotopic (exact) mass is 926 g/mol. The molecule has 1 saturated heterocycles. The Morgan fingerprint density at radius 2 is 1.56 bits per heavy atom. The zero-order valence-corrected chi connectivity index (χ0v) is 36.9. The number of rotatable bonds is 14. The second-order valence-electron chi connectivity index (χ2n) is 17.9. The number of alkyl carbamates (subject to hydrolysis) is 2. The van der Waals surface area contributed by atoms with Gasteiger partial charge in [-0.1, -0.05) is 66.7 Å². The van der Waals surface area contributed by atoms with Gasteiger partial charge in [-0.3, -0.25) is 24.0 Å². The molecule has 3 saturated carbocycles. The minimum atomic E-state index is -4.01. The summed E-state index contributed by atoms with van der Waals surface area (Å²) in [5, 5.41) is 7.11. The number of amides is 6. The van der Waals surface area contributed by atoms with Gasteiger partial charge < -0.3 is 35.1 Å². The van der Waals surface area contributed by atoms with E-state index < -0.39 is 99.4 Å². The molecule has 6 aliphatic rings. The molecule has 5 atom stereocenters. The van der Waals surface area contributed by atoms with Crippen molar-refractivity contribution in [2.45, 2.75) is 105 Å². The van der Waals surface area contributed by atoms with Crippen molar-refractivity contribution in [3.05, 3.63) is 107 Å². The van der Waals surface area contributed by atoms with E-state index in [0.29, 0.717) is 36.8 Å². The smallest absolute Gasteiger partial charge is 0.410 e. The molecule has 17 nitrogen and oxygen atoms in total. The number of sulfonamides is 1. The summed E-state index contributed by atoms with van der Waals surface area (Å²) in [6, 6.07) is 17.2. The van der Waals surface area contributed by atoms with Crippen molar-refractivity contribution in [1.82, 2.24) is 30.5 Å². The van der Waals surface area contributed by atoms with Crippen molar-refractivity contribution in [3.63, 3.8) is 0 Å². The minimum Gasteiger partial charge on any atom is -0.449 e. The third-order valence-electron chi connectivity index (χ3n) is 13.5. The zero-order valence-electron chi connectivity index (χ0n) is 36.0. The lowest BCUT2D eigenvalue weighted by Crippen LogP contribution is -2.59. The molecule has 0 unspecified atom stereocenters. The molecule has 2 heterocycles. The van der Waals surface area contributed by atoms with Gasteiger partial charge in [0.25, 0.3) is 5.91 Å². The Labute approximate surface area is 380 Å². The fraction of sp³-hybridized carbons (Fsp3) is 0.447. The van der Waals surface area contributed by atoms with Crippen LogP contribution in [0.2, 0.25) is 0 Å². The van der Waals surface area contributed by atoms with E-state index in [0.717, 1.165) is 40.0 Å². The summed E-state index contributed by atoms with van der Waals surface area (Å²) in [4.78, 5) is 85.5. The first kappa shape index (κ1) is 44.7. The summed E-state index contributed by atoms with van der Waals surface area (Å²) < 4.78 is 59.5. The predicted octanol–water partition coefficient (Wildman–Crippen LogP) is 4.49. The van der Waals surface area contributed by atoms with E-state index in [1.54, 1.807) is 6.07 Å². The number of halogens is 1. The van der Waals surface area contributed by atoms with Crippen LogP contribution in [0.4, 0.5) is 18.8 Å². The molecule has 4 N–H and O–H groups in total. The van der Waals surface area contributed by atoms with E-state index in [1.807, 2.05) is 48.5 Å². The Hall–Kier alpha value is -6.50. The van der Waals surface area contributed by atoms with Crippen molar-refractivity contribution in [1.29, 1.82) is 0 Å². The van der Waals surface area contributed by atoms with Gasteiger partial charge >= 0.3 is 18.3 Å². The molecular formula is C47H51FN6O11S. The number of fused-ring (bicyclic) bond motifs is 4. The van der Waals surface area contributed by atoms with Crippen LogP contribution >= 0.6 is 0 Å². The number of hydrogen-bond acceptors (Lipinski definition) is 11. The van der Waals surface area contributed by atoms with Crippen molar-refractivity contribution in [3.8, 4) is 11.1 Å². The highest BCUT2D eigenvalue weighted by molar-refractivity contribution is 7.91. The lowest BCUT2D eigenvalue weighted by molar-refractivity contribution is -0.141. The molecule has 4 aliphatic carbocycles. The summed E-state index contributed by atoms with van der Waals surface area (Å²) in [7, 11) is -4.01. The van der Waals surface area contributed by atoms with E-state index in [9.17, 15) is 41.6 Å². The van der Waals surface area contributed by atoms with Gasteiger partial charge in [-0.05, 0) is 78.8 Å². The molecule has 348 valence electrons. The van der Waals surface area contributed by atoms with Gasteiger partial charge in [0, 0.05) is 30.4 Å². The van der Waals surface area contributed by atoms with Crippen LogP contribution in [0.15, 0.2) is 79.4 Å². The molecule has 0 radical (unpaired) electrons. The minimum absolute atomic E-state index is 0.0284. The van der Waals surface area contributed by atoms with Gasteiger partial charge in [-0.25, -0.2) is 27.2 Å². The standard InChI is InChI=1S/C47H51FN6O11S/c1-2-28-21-47(28,43(57)52-66(61,62)31-18-19-31)51-41(55)40-20-30(65-46(60)53-23-27-10-9-17-38(48)36(27)25-53)24-54(40)42(56)39(50-45(59)64-29-11-3-4-12-29)22-49-44(58)63-26-37-34-15-7-5-13-32(34)33-14-6-8-16-35(33)37/h2,5-10,13-17,28-31,37,39-40H,1,3-4,11-12,18-26H2,(H,49,58)(H,50,59)(H,51,55)(H,52,57)/t28-,30-,39+,40+,47-/m1/s1. The Kier molecular flexibility index (Phi) is 12.2. The Balaban J connectivity index is 0.934. The van der Waals surface area contributed by atoms with E-state index in [-0.39, 0.29) is 45.0 Å². The van der Waals surface area contributed by atoms with Crippen molar-refractivity contribution in [2.75, 3.05) is 19.7 Å². The van der Waals surface area contributed by atoms with Crippen LogP contribution in [0.5, 0.6) is 0 Å². The normalized spacial score (nSPS) is 23.4. The van der Waals surface area contributed by atoms with Crippen LogP contribution in [-0.4, -0.2) is 109 Å². The van der Waals surface area contributed by atoms with Gasteiger partial charge in [-0.15, -0.1) is 6.58 Å². The fourth-order valence-corrected chi connectivity index (χ4v) is 11.1. The first-order valence-corrected chi connectivity index (χ1v) is 23.9. The van der Waals surface area contributed by atoms with Gasteiger partial charge in [-0.2, -0.15) is 0 Å². The Morgan fingerprint density at radius 1 is 0.864 bits per heavy atom. The quantitative estimate of drug-likeness (QED) is 0.130. The van der Waals surface area contributed by atoms with Gasteiger partial charge in [0.15, 0.2) is 0 Å². The topological polar surface area (TPSA) is 219 Å². The van der Waals surface area contributed by atoms with Crippen LogP contribution in [0.1, 0.15) is 79.5 Å². The van der Waals surface area contributed by atoms with Crippen LogP contribution in [0.3, 0.4) is 0 Å². The molecule has 19 heteroatoms.